The number of hydrogen-bond acceptors (Lipinski definition) is 4. The zero-order valence-electron chi connectivity index (χ0n) is 25.8. The zero-order chi connectivity index (χ0) is 31.1. The van der Waals surface area contributed by atoms with Gasteiger partial charge in [0.25, 0.3) is 13.4 Å². The van der Waals surface area contributed by atoms with Gasteiger partial charge in [0.05, 0.1) is 0 Å². The molecule has 0 amide bonds. The first-order valence-electron chi connectivity index (χ1n) is 16.7. The van der Waals surface area contributed by atoms with E-state index < -0.39 is 0 Å². The Morgan fingerprint density at radius 1 is 0.292 bits per heavy atom. The van der Waals surface area contributed by atoms with E-state index in [1.165, 1.54) is 72.6 Å². The van der Waals surface area contributed by atoms with Crippen molar-refractivity contribution in [2.45, 2.75) is 0 Å². The van der Waals surface area contributed by atoms with Crippen molar-refractivity contribution in [3.05, 3.63) is 152 Å². The standard InChI is InChI=1S/C42H25B2N3O/c1-4-12-26(13-5-1)45-29-18-10-19-30-37(29)43-39-32(45)22-23-33-40(39)44-38-31(47(33)28-16-8-3-9-17-28)20-11-21-35(38)48-36-25-24-34(41(43)42(36)44)46(30)27-14-6-2-7-15-27/h1-25H. The molecule has 4 nitrogen and oxygen atoms in total. The van der Waals surface area contributed by atoms with Crippen molar-refractivity contribution in [1.82, 2.24) is 0 Å². The molecule has 12 rings (SSSR count). The number of ether oxygens (including phenoxy) is 1. The van der Waals surface area contributed by atoms with Gasteiger partial charge in [0.15, 0.2) is 0 Å². The lowest BCUT2D eigenvalue weighted by molar-refractivity contribution is 0.488. The summed E-state index contributed by atoms with van der Waals surface area (Å²) in [6.07, 6.45) is 0. The van der Waals surface area contributed by atoms with Gasteiger partial charge in [0, 0.05) is 51.2 Å². The summed E-state index contributed by atoms with van der Waals surface area (Å²) in [6.45, 7) is 0.119. The third-order valence-electron chi connectivity index (χ3n) is 11.0. The van der Waals surface area contributed by atoms with Gasteiger partial charge in [-0.05, 0) is 118 Å². The lowest BCUT2D eigenvalue weighted by Gasteiger charge is -2.51. The van der Waals surface area contributed by atoms with E-state index in [2.05, 4.69) is 166 Å². The maximum atomic E-state index is 6.91. The molecule has 0 bridgehead atoms. The summed E-state index contributed by atoms with van der Waals surface area (Å²) in [5.74, 6) is 1.91. The van der Waals surface area contributed by atoms with E-state index in [0.717, 1.165) is 22.9 Å². The van der Waals surface area contributed by atoms with Crippen LogP contribution in [0.4, 0.5) is 51.2 Å². The maximum absolute atomic E-state index is 6.91. The Balaban J connectivity index is 1.27. The largest absolute Gasteiger partial charge is 0.458 e. The Kier molecular flexibility index (Phi) is 4.59. The average molecular weight is 609 g/mol. The molecule has 0 unspecified atom stereocenters. The first-order chi connectivity index (χ1) is 23.9. The minimum Gasteiger partial charge on any atom is -0.458 e. The third kappa shape index (κ3) is 2.91. The van der Waals surface area contributed by atoms with Crippen LogP contribution in [0.15, 0.2) is 152 Å². The van der Waals surface area contributed by atoms with Gasteiger partial charge in [-0.25, -0.2) is 0 Å². The average Bonchev–Trinajstić information content (AvgIpc) is 3.15. The van der Waals surface area contributed by atoms with Crippen LogP contribution in [0.2, 0.25) is 0 Å². The fraction of sp³-hybridized carbons (Fsp3) is 0. The van der Waals surface area contributed by atoms with Gasteiger partial charge < -0.3 is 19.4 Å². The minimum absolute atomic E-state index is 0.0538. The Morgan fingerprint density at radius 3 is 1.19 bits per heavy atom. The Bertz CT molecular complexity index is 2510. The predicted molar refractivity (Wildman–Crippen MR) is 200 cm³/mol. The summed E-state index contributed by atoms with van der Waals surface area (Å²) in [7, 11) is 0. The molecule has 220 valence electrons. The lowest BCUT2D eigenvalue weighted by Crippen LogP contribution is -2.80. The van der Waals surface area contributed by atoms with E-state index in [-0.39, 0.29) is 13.4 Å². The van der Waals surface area contributed by atoms with Crippen molar-refractivity contribution in [2.24, 2.45) is 0 Å². The van der Waals surface area contributed by atoms with Gasteiger partial charge in [0.1, 0.15) is 11.5 Å². The van der Waals surface area contributed by atoms with Crippen molar-refractivity contribution in [2.75, 3.05) is 14.7 Å². The number of nitrogens with zero attached hydrogens (tertiary/aromatic N) is 3. The maximum Gasteiger partial charge on any atom is 0.255 e. The molecule has 7 aromatic carbocycles. The fourth-order valence-electron chi connectivity index (χ4n) is 9.37. The summed E-state index contributed by atoms with van der Waals surface area (Å²) in [5.41, 5.74) is 18.9. The second-order valence-electron chi connectivity index (χ2n) is 13.2. The quantitative estimate of drug-likeness (QED) is 0.214. The minimum atomic E-state index is 0.0538. The zero-order valence-corrected chi connectivity index (χ0v) is 25.8. The van der Waals surface area contributed by atoms with Crippen molar-refractivity contribution >= 4 is 97.4 Å². The molecule has 0 aliphatic carbocycles. The first-order valence-corrected chi connectivity index (χ1v) is 16.7. The van der Waals surface area contributed by atoms with Crippen molar-refractivity contribution in [3.63, 3.8) is 0 Å². The third-order valence-corrected chi connectivity index (χ3v) is 11.0. The van der Waals surface area contributed by atoms with Crippen LogP contribution in [-0.2, 0) is 0 Å². The molecule has 0 atom stereocenters. The summed E-state index contributed by atoms with van der Waals surface area (Å²) < 4.78 is 6.91. The molecule has 0 aromatic heterocycles. The van der Waals surface area contributed by atoms with Crippen LogP contribution in [0.25, 0.3) is 0 Å². The van der Waals surface area contributed by atoms with Gasteiger partial charge in [-0.3, -0.25) is 0 Å². The molecule has 5 aliphatic heterocycles. The smallest absolute Gasteiger partial charge is 0.255 e. The molecule has 48 heavy (non-hydrogen) atoms. The number of hydrogen-bond donors (Lipinski definition) is 0. The van der Waals surface area contributed by atoms with E-state index in [1.54, 1.807) is 0 Å². The predicted octanol–water partition coefficient (Wildman–Crippen LogP) is 6.49. The number of para-hydroxylation sites is 3. The van der Waals surface area contributed by atoms with Gasteiger partial charge >= 0.3 is 0 Å². The number of rotatable bonds is 3. The first kappa shape index (κ1) is 25.0. The molecule has 5 aliphatic rings. The second kappa shape index (κ2) is 8.81. The number of anilines is 9. The molecule has 0 saturated carbocycles. The molecule has 5 heterocycles. The summed E-state index contributed by atoms with van der Waals surface area (Å²) in [5, 5.41) is 0. The second-order valence-corrected chi connectivity index (χ2v) is 13.2. The summed E-state index contributed by atoms with van der Waals surface area (Å²) >= 11 is 0. The molecule has 0 fully saturated rings. The Hall–Kier alpha value is -6.13. The van der Waals surface area contributed by atoms with Crippen LogP contribution in [-0.4, -0.2) is 13.4 Å². The van der Waals surface area contributed by atoms with Crippen molar-refractivity contribution in [1.29, 1.82) is 0 Å². The van der Waals surface area contributed by atoms with Crippen LogP contribution in [0, 0.1) is 0 Å². The van der Waals surface area contributed by atoms with E-state index >= 15 is 0 Å². The molecule has 0 N–H and O–H groups in total. The molecular formula is C42H25B2N3O. The molecule has 7 aromatic rings. The van der Waals surface area contributed by atoms with E-state index in [9.17, 15) is 0 Å². The molecule has 0 saturated heterocycles. The fourth-order valence-corrected chi connectivity index (χ4v) is 9.37. The van der Waals surface area contributed by atoms with Crippen LogP contribution in [0.1, 0.15) is 0 Å². The van der Waals surface area contributed by atoms with Gasteiger partial charge in [0.2, 0.25) is 0 Å². The van der Waals surface area contributed by atoms with E-state index in [4.69, 9.17) is 4.74 Å². The SMILES string of the molecule is c1ccc(N2c3cccc4c3B3c5c2ccc2c5B5c6c(cccc6N(c6ccccc6)c6ccc(c3c65)N4c3ccccc3)O2)cc1. The van der Waals surface area contributed by atoms with E-state index in [0.29, 0.717) is 0 Å². The van der Waals surface area contributed by atoms with Crippen LogP contribution in [0.3, 0.4) is 0 Å². The highest BCUT2D eigenvalue weighted by Crippen LogP contribution is 2.48. The molecule has 6 heteroatoms. The summed E-state index contributed by atoms with van der Waals surface area (Å²) in [6, 6.07) is 55.2. The Labute approximate surface area is 279 Å². The monoisotopic (exact) mass is 609 g/mol. The van der Waals surface area contributed by atoms with Gasteiger partial charge in [-0.2, -0.15) is 0 Å². The Morgan fingerprint density at radius 2 is 0.667 bits per heavy atom. The topological polar surface area (TPSA) is 19.0 Å². The van der Waals surface area contributed by atoms with Crippen molar-refractivity contribution < 1.29 is 4.74 Å². The highest BCUT2D eigenvalue weighted by atomic mass is 16.5. The highest BCUT2D eigenvalue weighted by Gasteiger charge is 2.55. The number of benzene rings is 7. The molecule has 0 radical (unpaired) electrons. The van der Waals surface area contributed by atoms with Crippen LogP contribution < -0.4 is 52.2 Å². The molecular weight excluding hydrogens is 584 g/mol. The van der Waals surface area contributed by atoms with Crippen LogP contribution in [0.5, 0.6) is 11.5 Å². The van der Waals surface area contributed by atoms with E-state index in [1.807, 2.05) is 0 Å². The summed E-state index contributed by atoms with van der Waals surface area (Å²) in [4.78, 5) is 7.44. The lowest BCUT2D eigenvalue weighted by atomic mass is 9.18. The highest BCUT2D eigenvalue weighted by molar-refractivity contribution is 7.15. The van der Waals surface area contributed by atoms with Gasteiger partial charge in [-0.1, -0.05) is 66.7 Å². The van der Waals surface area contributed by atoms with Crippen molar-refractivity contribution in [3.8, 4) is 11.5 Å². The molecule has 0 spiro atoms. The van der Waals surface area contributed by atoms with Crippen LogP contribution >= 0.6 is 0 Å². The van der Waals surface area contributed by atoms with Gasteiger partial charge in [-0.15, -0.1) is 0 Å². The normalized spacial score (nSPS) is 14.6.